The number of nitrogens with zero attached hydrogens (tertiary/aromatic N) is 1. The first-order valence-corrected chi connectivity index (χ1v) is 5.25. The van der Waals surface area contributed by atoms with E-state index in [0.29, 0.717) is 13.2 Å². The van der Waals surface area contributed by atoms with Gasteiger partial charge < -0.3 is 15.4 Å². The van der Waals surface area contributed by atoms with Gasteiger partial charge in [0.15, 0.2) is 0 Å². The maximum absolute atomic E-state index is 11.6. The second kappa shape index (κ2) is 8.64. The summed E-state index contributed by atoms with van der Waals surface area (Å²) < 4.78 is 4.86. The summed E-state index contributed by atoms with van der Waals surface area (Å²) in [6, 6.07) is -0.102. The Hall–Kier alpha value is -0.650. The first-order chi connectivity index (χ1) is 7.13. The molecular formula is C10H23N3O2. The van der Waals surface area contributed by atoms with Crippen LogP contribution < -0.4 is 10.6 Å². The van der Waals surface area contributed by atoms with Crippen molar-refractivity contribution in [3.05, 3.63) is 0 Å². The van der Waals surface area contributed by atoms with Crippen LogP contribution in [0.4, 0.5) is 0 Å². The van der Waals surface area contributed by atoms with Crippen LogP contribution in [0.5, 0.6) is 0 Å². The van der Waals surface area contributed by atoms with Gasteiger partial charge in [-0.25, -0.2) is 0 Å². The predicted octanol–water partition coefficient (Wildman–Crippen LogP) is -0.711. The quantitative estimate of drug-likeness (QED) is 0.527. The Balaban J connectivity index is 3.75. The van der Waals surface area contributed by atoms with E-state index in [-0.39, 0.29) is 11.9 Å². The molecule has 0 aromatic heterocycles. The van der Waals surface area contributed by atoms with Crippen LogP contribution in [0.3, 0.4) is 0 Å². The number of carbonyl (C=O) groups excluding carboxylic acids is 1. The van der Waals surface area contributed by atoms with Gasteiger partial charge >= 0.3 is 0 Å². The van der Waals surface area contributed by atoms with Crippen LogP contribution >= 0.6 is 0 Å². The van der Waals surface area contributed by atoms with Crippen molar-refractivity contribution in [2.75, 3.05) is 47.4 Å². The number of amides is 1. The van der Waals surface area contributed by atoms with Crippen molar-refractivity contribution >= 4 is 5.91 Å². The molecule has 2 N–H and O–H groups in total. The second-order valence-electron chi connectivity index (χ2n) is 3.54. The number of likely N-dealkylation sites (N-methyl/N-ethyl adjacent to an activating group) is 2. The van der Waals surface area contributed by atoms with Crippen molar-refractivity contribution in [3.8, 4) is 0 Å². The molecule has 5 heteroatoms. The fourth-order valence-electron chi connectivity index (χ4n) is 1.11. The van der Waals surface area contributed by atoms with Gasteiger partial charge in [0, 0.05) is 26.7 Å². The largest absolute Gasteiger partial charge is 0.383 e. The van der Waals surface area contributed by atoms with Crippen LogP contribution in [0, 0.1) is 0 Å². The van der Waals surface area contributed by atoms with E-state index in [1.165, 1.54) is 0 Å². The monoisotopic (exact) mass is 217 g/mol. The number of ether oxygens (including phenoxy) is 1. The van der Waals surface area contributed by atoms with Gasteiger partial charge in [0.1, 0.15) is 0 Å². The normalized spacial score (nSPS) is 12.9. The lowest BCUT2D eigenvalue weighted by atomic mass is 10.2. The number of hydrogen-bond donors (Lipinski definition) is 2. The van der Waals surface area contributed by atoms with E-state index < -0.39 is 0 Å². The summed E-state index contributed by atoms with van der Waals surface area (Å²) in [6.07, 6.45) is 0. The van der Waals surface area contributed by atoms with Crippen molar-refractivity contribution in [1.82, 2.24) is 15.5 Å². The van der Waals surface area contributed by atoms with E-state index in [1.54, 1.807) is 7.11 Å². The molecular weight excluding hydrogens is 194 g/mol. The summed E-state index contributed by atoms with van der Waals surface area (Å²) in [5.41, 5.74) is 0. The molecule has 0 aliphatic carbocycles. The molecule has 0 heterocycles. The van der Waals surface area contributed by atoms with Gasteiger partial charge in [-0.2, -0.15) is 0 Å². The van der Waals surface area contributed by atoms with E-state index in [2.05, 4.69) is 10.6 Å². The molecule has 0 aliphatic heterocycles. The molecule has 1 amide bonds. The highest BCUT2D eigenvalue weighted by Gasteiger charge is 2.16. The lowest BCUT2D eigenvalue weighted by Crippen LogP contribution is -2.45. The lowest BCUT2D eigenvalue weighted by Gasteiger charge is -2.23. The second-order valence-corrected chi connectivity index (χ2v) is 3.54. The molecule has 90 valence electrons. The van der Waals surface area contributed by atoms with E-state index in [4.69, 9.17) is 4.74 Å². The first kappa shape index (κ1) is 14.3. The standard InChI is InChI=1S/C10H23N3O2/c1-9(13(3)7-5-11-2)10(14)12-6-8-15-4/h9,11H,5-8H2,1-4H3,(H,12,14). The summed E-state index contributed by atoms with van der Waals surface area (Å²) >= 11 is 0. The Morgan fingerprint density at radius 3 is 2.67 bits per heavy atom. The lowest BCUT2D eigenvalue weighted by molar-refractivity contribution is -0.125. The van der Waals surface area contributed by atoms with E-state index in [0.717, 1.165) is 13.1 Å². The third-order valence-corrected chi connectivity index (χ3v) is 2.36. The van der Waals surface area contributed by atoms with Crippen LogP contribution in [-0.2, 0) is 9.53 Å². The van der Waals surface area contributed by atoms with E-state index >= 15 is 0 Å². The molecule has 0 aromatic rings. The molecule has 0 aliphatic rings. The van der Waals surface area contributed by atoms with Gasteiger partial charge in [0.25, 0.3) is 0 Å². The molecule has 0 saturated heterocycles. The van der Waals surface area contributed by atoms with Crippen LogP contribution in [0.25, 0.3) is 0 Å². The Morgan fingerprint density at radius 1 is 1.47 bits per heavy atom. The molecule has 0 rings (SSSR count). The number of carbonyl (C=O) groups is 1. The van der Waals surface area contributed by atoms with Gasteiger partial charge in [-0.05, 0) is 21.0 Å². The fourth-order valence-corrected chi connectivity index (χ4v) is 1.11. The summed E-state index contributed by atoms with van der Waals surface area (Å²) in [6.45, 7) is 4.76. The van der Waals surface area contributed by atoms with Crippen molar-refractivity contribution in [2.45, 2.75) is 13.0 Å². The molecule has 0 spiro atoms. The Morgan fingerprint density at radius 2 is 2.13 bits per heavy atom. The Bertz CT molecular complexity index is 176. The average molecular weight is 217 g/mol. The first-order valence-electron chi connectivity index (χ1n) is 5.25. The molecule has 15 heavy (non-hydrogen) atoms. The molecule has 1 unspecified atom stereocenters. The molecule has 0 bridgehead atoms. The predicted molar refractivity (Wildman–Crippen MR) is 60.9 cm³/mol. The molecule has 0 radical (unpaired) electrons. The van der Waals surface area contributed by atoms with Crippen molar-refractivity contribution in [3.63, 3.8) is 0 Å². The fraction of sp³-hybridized carbons (Fsp3) is 0.900. The van der Waals surface area contributed by atoms with Crippen molar-refractivity contribution < 1.29 is 9.53 Å². The maximum Gasteiger partial charge on any atom is 0.237 e. The summed E-state index contributed by atoms with van der Waals surface area (Å²) in [5, 5.41) is 5.87. The summed E-state index contributed by atoms with van der Waals surface area (Å²) in [7, 11) is 5.46. The Kier molecular flexibility index (Phi) is 8.27. The molecule has 0 saturated carbocycles. The van der Waals surface area contributed by atoms with Crippen molar-refractivity contribution in [2.24, 2.45) is 0 Å². The highest BCUT2D eigenvalue weighted by molar-refractivity contribution is 5.81. The van der Waals surface area contributed by atoms with Gasteiger partial charge in [-0.3, -0.25) is 9.69 Å². The van der Waals surface area contributed by atoms with Gasteiger partial charge in [-0.15, -0.1) is 0 Å². The van der Waals surface area contributed by atoms with Gasteiger partial charge in [0.2, 0.25) is 5.91 Å². The zero-order valence-corrected chi connectivity index (χ0v) is 10.2. The smallest absolute Gasteiger partial charge is 0.237 e. The minimum Gasteiger partial charge on any atom is -0.383 e. The zero-order chi connectivity index (χ0) is 11.7. The molecule has 0 aromatic carbocycles. The van der Waals surface area contributed by atoms with E-state index in [9.17, 15) is 4.79 Å². The summed E-state index contributed by atoms with van der Waals surface area (Å²) in [5.74, 6) is 0.0469. The van der Waals surface area contributed by atoms with Crippen molar-refractivity contribution in [1.29, 1.82) is 0 Å². The summed E-state index contributed by atoms with van der Waals surface area (Å²) in [4.78, 5) is 13.6. The minimum atomic E-state index is -0.102. The van der Waals surface area contributed by atoms with Gasteiger partial charge in [-0.1, -0.05) is 0 Å². The zero-order valence-electron chi connectivity index (χ0n) is 10.2. The topological polar surface area (TPSA) is 53.6 Å². The highest BCUT2D eigenvalue weighted by atomic mass is 16.5. The minimum absolute atomic E-state index is 0.0469. The Labute approximate surface area is 92.2 Å². The van der Waals surface area contributed by atoms with Gasteiger partial charge in [0.05, 0.1) is 12.6 Å². The molecule has 0 fully saturated rings. The number of hydrogen-bond acceptors (Lipinski definition) is 4. The third kappa shape index (κ3) is 6.43. The molecule has 1 atom stereocenters. The van der Waals surface area contributed by atoms with Crippen LogP contribution in [-0.4, -0.2) is 64.3 Å². The number of nitrogens with one attached hydrogen (secondary N) is 2. The van der Waals surface area contributed by atoms with E-state index in [1.807, 2.05) is 25.9 Å². The third-order valence-electron chi connectivity index (χ3n) is 2.36. The SMILES string of the molecule is CNCCN(C)C(C)C(=O)NCCOC. The van der Waals surface area contributed by atoms with Crippen LogP contribution in [0.15, 0.2) is 0 Å². The van der Waals surface area contributed by atoms with Crippen LogP contribution in [0.2, 0.25) is 0 Å². The molecule has 5 nitrogen and oxygen atoms in total. The number of methoxy groups -OCH3 is 1. The van der Waals surface area contributed by atoms with Crippen LogP contribution in [0.1, 0.15) is 6.92 Å². The maximum atomic E-state index is 11.6. The average Bonchev–Trinajstić information content (AvgIpc) is 2.24. The highest BCUT2D eigenvalue weighted by Crippen LogP contribution is 1.94. The number of rotatable bonds is 8.